The quantitative estimate of drug-likeness (QED) is 0.717. The summed E-state index contributed by atoms with van der Waals surface area (Å²) in [5, 5.41) is 0. The first-order valence-corrected chi connectivity index (χ1v) is 5.39. The summed E-state index contributed by atoms with van der Waals surface area (Å²) < 4.78 is 5.82. The van der Waals surface area contributed by atoms with Crippen molar-refractivity contribution >= 4 is 13.3 Å². The third kappa shape index (κ3) is 2.63. The van der Waals surface area contributed by atoms with Crippen molar-refractivity contribution in [3.8, 4) is 5.75 Å². The maximum Gasteiger partial charge on any atom is 0.141 e. The van der Waals surface area contributed by atoms with E-state index in [1.807, 2.05) is 45.2 Å². The summed E-state index contributed by atoms with van der Waals surface area (Å²) in [6.07, 6.45) is 3.61. The van der Waals surface area contributed by atoms with Crippen LogP contribution in [0.1, 0.15) is 18.6 Å². The lowest BCUT2D eigenvalue weighted by atomic mass is 9.99. The van der Waals surface area contributed by atoms with E-state index in [4.69, 9.17) is 4.74 Å². The molecule has 1 aromatic heterocycles. The van der Waals surface area contributed by atoms with Gasteiger partial charge in [0.1, 0.15) is 19.7 Å². The molecule has 1 atom stereocenters. The lowest BCUT2D eigenvalue weighted by Gasteiger charge is -2.14. The minimum Gasteiger partial charge on any atom is -0.484 e. The Morgan fingerprint density at radius 1 is 1.19 bits per heavy atom. The van der Waals surface area contributed by atoms with E-state index in [0.29, 0.717) is 0 Å². The summed E-state index contributed by atoms with van der Waals surface area (Å²) in [7, 11) is 2.01. The van der Waals surface area contributed by atoms with Crippen LogP contribution >= 0.6 is 0 Å². The zero-order valence-electron chi connectivity index (χ0n) is 9.55. The predicted molar refractivity (Wildman–Crippen MR) is 67.9 cm³/mol. The molecule has 0 fully saturated rings. The smallest absolute Gasteiger partial charge is 0.141 e. The molecule has 0 N–H and O–H groups in total. The van der Waals surface area contributed by atoms with Crippen molar-refractivity contribution in [3.63, 3.8) is 0 Å². The fourth-order valence-corrected chi connectivity index (χ4v) is 1.59. The maximum atomic E-state index is 5.82. The van der Waals surface area contributed by atoms with Crippen molar-refractivity contribution < 1.29 is 4.74 Å². The van der Waals surface area contributed by atoms with Gasteiger partial charge in [-0.3, -0.25) is 4.98 Å². The Morgan fingerprint density at radius 3 is 2.62 bits per heavy atom. The minimum absolute atomic E-state index is 0.0461. The monoisotopic (exact) mass is 211 g/mol. The topological polar surface area (TPSA) is 22.1 Å². The number of ether oxygens (including phenoxy) is 1. The Kier molecular flexibility index (Phi) is 3.25. The van der Waals surface area contributed by atoms with Crippen molar-refractivity contribution in [1.29, 1.82) is 0 Å². The van der Waals surface area contributed by atoms with Gasteiger partial charge in [0.15, 0.2) is 0 Å². The molecular weight excluding hydrogens is 197 g/mol. The van der Waals surface area contributed by atoms with E-state index in [1.54, 1.807) is 6.20 Å². The molecule has 3 heteroatoms. The van der Waals surface area contributed by atoms with Gasteiger partial charge in [0.25, 0.3) is 0 Å². The molecule has 0 radical (unpaired) electrons. The second-order valence-electron chi connectivity index (χ2n) is 3.87. The average Bonchev–Trinajstić information content (AvgIpc) is 2.30. The Hall–Kier alpha value is -1.77. The second kappa shape index (κ2) is 4.84. The van der Waals surface area contributed by atoms with Crippen molar-refractivity contribution in [2.45, 2.75) is 13.0 Å². The molecule has 1 unspecified atom stereocenters. The van der Waals surface area contributed by atoms with Crippen molar-refractivity contribution in [3.05, 3.63) is 54.4 Å². The van der Waals surface area contributed by atoms with E-state index in [-0.39, 0.29) is 6.10 Å². The first-order chi connectivity index (χ1) is 7.75. The minimum atomic E-state index is 0.0461. The summed E-state index contributed by atoms with van der Waals surface area (Å²) in [5.41, 5.74) is 2.28. The van der Waals surface area contributed by atoms with Crippen molar-refractivity contribution in [2.24, 2.45) is 0 Å². The maximum absolute atomic E-state index is 5.82. The molecule has 0 amide bonds. The fourth-order valence-electron chi connectivity index (χ4n) is 1.59. The van der Waals surface area contributed by atoms with Crippen LogP contribution in [0.3, 0.4) is 0 Å². The Labute approximate surface area is 96.7 Å². The summed E-state index contributed by atoms with van der Waals surface area (Å²) in [4.78, 5) is 4.11. The number of hydrogen-bond acceptors (Lipinski definition) is 2. The van der Waals surface area contributed by atoms with Gasteiger partial charge in [-0.2, -0.15) is 0 Å². The first-order valence-electron chi connectivity index (χ1n) is 5.39. The van der Waals surface area contributed by atoms with Crippen molar-refractivity contribution in [1.82, 2.24) is 4.98 Å². The van der Waals surface area contributed by atoms with Crippen molar-refractivity contribution in [2.75, 3.05) is 0 Å². The predicted octanol–water partition coefficient (Wildman–Crippen LogP) is 1.48. The van der Waals surface area contributed by atoms with E-state index >= 15 is 0 Å². The summed E-state index contributed by atoms with van der Waals surface area (Å²) in [6, 6.07) is 12.2. The molecule has 1 heterocycles. The molecule has 2 rings (SSSR count). The highest BCUT2D eigenvalue weighted by Gasteiger charge is 2.06. The SMILES string of the molecule is Bc1cncc(OC(C)c2ccccc2)c1. The van der Waals surface area contributed by atoms with Gasteiger partial charge in [-0.1, -0.05) is 35.8 Å². The molecule has 2 nitrogen and oxygen atoms in total. The number of rotatable bonds is 3. The molecule has 80 valence electrons. The highest BCUT2D eigenvalue weighted by Crippen LogP contribution is 2.19. The molecule has 0 saturated heterocycles. The molecule has 0 aliphatic heterocycles. The zero-order chi connectivity index (χ0) is 11.4. The standard InChI is InChI=1S/C13H14BNO/c1-10(11-5-3-2-4-6-11)16-13-7-12(14)8-15-9-13/h2-10H,14H2,1H3. The Bertz CT molecular complexity index is 458. The highest BCUT2D eigenvalue weighted by molar-refractivity contribution is 6.32. The molecule has 0 aliphatic rings. The van der Waals surface area contributed by atoms with Gasteiger partial charge in [0.05, 0.1) is 6.20 Å². The molecular formula is C13H14BNO. The van der Waals surface area contributed by atoms with E-state index in [0.717, 1.165) is 11.2 Å². The summed E-state index contributed by atoms with van der Waals surface area (Å²) >= 11 is 0. The molecule has 1 aromatic carbocycles. The van der Waals surface area contributed by atoms with E-state index in [2.05, 4.69) is 17.1 Å². The van der Waals surface area contributed by atoms with Crippen LogP contribution in [-0.4, -0.2) is 12.8 Å². The molecule has 2 aromatic rings. The van der Waals surface area contributed by atoms with Gasteiger partial charge in [-0.25, -0.2) is 0 Å². The Balaban J connectivity index is 2.11. The van der Waals surface area contributed by atoms with Gasteiger partial charge in [-0.05, 0) is 18.6 Å². The van der Waals surface area contributed by atoms with Crippen LogP contribution in [0.4, 0.5) is 0 Å². The molecule has 0 aliphatic carbocycles. The number of nitrogens with zero attached hydrogens (tertiary/aromatic N) is 1. The number of benzene rings is 1. The first kappa shape index (κ1) is 10.7. The fraction of sp³-hybridized carbons (Fsp3) is 0.154. The van der Waals surface area contributed by atoms with Crippen LogP contribution in [0, 0.1) is 0 Å². The van der Waals surface area contributed by atoms with E-state index in [1.165, 1.54) is 5.56 Å². The van der Waals surface area contributed by atoms with Crippen LogP contribution in [0.2, 0.25) is 0 Å². The number of pyridine rings is 1. The van der Waals surface area contributed by atoms with Gasteiger partial charge in [0, 0.05) is 6.20 Å². The molecule has 0 spiro atoms. The molecule has 0 bridgehead atoms. The van der Waals surface area contributed by atoms with Gasteiger partial charge in [-0.15, -0.1) is 0 Å². The van der Waals surface area contributed by atoms with Crippen LogP contribution < -0.4 is 10.2 Å². The summed E-state index contributed by atoms with van der Waals surface area (Å²) in [5.74, 6) is 0.816. The number of hydrogen-bond donors (Lipinski definition) is 0. The molecule has 16 heavy (non-hydrogen) atoms. The highest BCUT2D eigenvalue weighted by atomic mass is 16.5. The lowest BCUT2D eigenvalue weighted by Crippen LogP contribution is -2.07. The second-order valence-corrected chi connectivity index (χ2v) is 3.87. The zero-order valence-corrected chi connectivity index (χ0v) is 9.55. The Morgan fingerprint density at radius 2 is 1.94 bits per heavy atom. The van der Waals surface area contributed by atoms with Crippen LogP contribution in [-0.2, 0) is 0 Å². The van der Waals surface area contributed by atoms with Crippen LogP contribution in [0.15, 0.2) is 48.8 Å². The third-order valence-corrected chi connectivity index (χ3v) is 2.43. The third-order valence-electron chi connectivity index (χ3n) is 2.43. The van der Waals surface area contributed by atoms with Gasteiger partial charge < -0.3 is 4.74 Å². The normalized spacial score (nSPS) is 12.1. The van der Waals surface area contributed by atoms with Crippen LogP contribution in [0.5, 0.6) is 5.75 Å². The van der Waals surface area contributed by atoms with E-state index < -0.39 is 0 Å². The van der Waals surface area contributed by atoms with Gasteiger partial charge in [0.2, 0.25) is 0 Å². The largest absolute Gasteiger partial charge is 0.484 e. The number of aromatic nitrogens is 1. The van der Waals surface area contributed by atoms with Crippen LogP contribution in [0.25, 0.3) is 0 Å². The van der Waals surface area contributed by atoms with Gasteiger partial charge >= 0.3 is 0 Å². The average molecular weight is 211 g/mol. The summed E-state index contributed by atoms with van der Waals surface area (Å²) in [6.45, 7) is 2.04. The van der Waals surface area contributed by atoms with E-state index in [9.17, 15) is 0 Å². The lowest BCUT2D eigenvalue weighted by molar-refractivity contribution is 0.226. The molecule has 0 saturated carbocycles.